The number of hydrogen-bond acceptors (Lipinski definition) is 2. The van der Waals surface area contributed by atoms with Gasteiger partial charge < -0.3 is 9.69 Å². The fraction of sp³-hybridized carbons (Fsp3) is 0.200. The molecule has 0 atom stereocenters. The van der Waals surface area contributed by atoms with Gasteiger partial charge in [0.05, 0.1) is 6.54 Å². The van der Waals surface area contributed by atoms with E-state index >= 15 is 0 Å². The van der Waals surface area contributed by atoms with Crippen LogP contribution in [-0.2, 0) is 9.59 Å². The van der Waals surface area contributed by atoms with E-state index in [1.165, 1.54) is 4.90 Å². The van der Waals surface area contributed by atoms with Gasteiger partial charge in [0.1, 0.15) is 6.29 Å². The third kappa shape index (κ3) is 2.74. The van der Waals surface area contributed by atoms with E-state index in [4.69, 9.17) is 0 Å². The quantitative estimate of drug-likeness (QED) is 0.759. The minimum atomic E-state index is -0.0855. The summed E-state index contributed by atoms with van der Waals surface area (Å²) in [5, 5.41) is 0. The summed E-state index contributed by atoms with van der Waals surface area (Å²) in [4.78, 5) is 24.6. The molecule has 0 fully saturated rings. The van der Waals surface area contributed by atoms with Crippen LogP contribution < -0.4 is 4.90 Å². The molecule has 0 heterocycles. The van der Waals surface area contributed by atoms with Crippen molar-refractivity contribution >= 4 is 17.9 Å². The number of rotatable bonds is 4. The fourth-order valence-electron chi connectivity index (χ4n) is 1.94. The Bertz CT molecular complexity index is 488. The molecule has 18 heavy (non-hydrogen) atoms. The van der Waals surface area contributed by atoms with Gasteiger partial charge in [-0.2, -0.15) is 0 Å². The van der Waals surface area contributed by atoms with Gasteiger partial charge in [-0.1, -0.05) is 36.4 Å². The largest absolute Gasteiger partial charge is 0.302 e. The zero-order valence-corrected chi connectivity index (χ0v) is 10.1. The molecule has 0 aromatic heterocycles. The summed E-state index contributed by atoms with van der Waals surface area (Å²) < 4.78 is 0. The topological polar surface area (TPSA) is 37.4 Å². The molecule has 0 bridgehead atoms. The van der Waals surface area contributed by atoms with Crippen LogP contribution in [0, 0.1) is 0 Å². The Kier molecular flexibility index (Phi) is 4.07. The average Bonchev–Trinajstić information content (AvgIpc) is 2.46. The van der Waals surface area contributed by atoms with E-state index in [9.17, 15) is 9.59 Å². The summed E-state index contributed by atoms with van der Waals surface area (Å²) in [7, 11) is 0. The summed E-state index contributed by atoms with van der Waals surface area (Å²) in [5.41, 5.74) is 1.51. The Morgan fingerprint density at radius 3 is 2.67 bits per heavy atom. The number of allylic oxidation sites excluding steroid dienone is 3. The predicted molar refractivity (Wildman–Crippen MR) is 71.3 cm³/mol. The van der Waals surface area contributed by atoms with Gasteiger partial charge in [-0.3, -0.25) is 4.79 Å². The second kappa shape index (κ2) is 5.96. The van der Waals surface area contributed by atoms with Gasteiger partial charge in [0, 0.05) is 11.3 Å². The average molecular weight is 241 g/mol. The second-order valence-corrected chi connectivity index (χ2v) is 4.08. The van der Waals surface area contributed by atoms with Gasteiger partial charge in [-0.15, -0.1) is 0 Å². The maximum Gasteiger partial charge on any atom is 0.254 e. The molecule has 0 N–H and O–H groups in total. The maximum atomic E-state index is 12.4. The van der Waals surface area contributed by atoms with Gasteiger partial charge in [0.2, 0.25) is 0 Å². The SMILES string of the molecule is O=CCN(C(=O)C1=CC=CCC1)c1ccccc1. The molecule has 3 heteroatoms. The summed E-state index contributed by atoms with van der Waals surface area (Å²) in [6.07, 6.45) is 8.11. The third-order valence-electron chi connectivity index (χ3n) is 2.86. The van der Waals surface area contributed by atoms with E-state index < -0.39 is 0 Å². The molecule has 1 amide bonds. The van der Waals surface area contributed by atoms with Gasteiger partial charge in [-0.25, -0.2) is 0 Å². The minimum Gasteiger partial charge on any atom is -0.302 e. The molecule has 3 nitrogen and oxygen atoms in total. The predicted octanol–water partition coefficient (Wildman–Crippen LogP) is 2.49. The number of benzene rings is 1. The number of carbonyl (C=O) groups excluding carboxylic acids is 2. The number of amides is 1. The van der Waals surface area contributed by atoms with E-state index in [1.807, 2.05) is 48.6 Å². The van der Waals surface area contributed by atoms with Crippen LogP contribution in [0.4, 0.5) is 5.69 Å². The standard InChI is InChI=1S/C15H15NO2/c17-12-11-16(14-9-5-2-6-10-14)15(18)13-7-3-1-4-8-13/h1-3,5-7,9-10,12H,4,8,11H2. The van der Waals surface area contributed by atoms with Crippen LogP contribution in [0.25, 0.3) is 0 Å². The summed E-state index contributed by atoms with van der Waals surface area (Å²) in [5.74, 6) is -0.0855. The Morgan fingerprint density at radius 2 is 2.06 bits per heavy atom. The number of aldehydes is 1. The van der Waals surface area contributed by atoms with Crippen LogP contribution >= 0.6 is 0 Å². The monoisotopic (exact) mass is 241 g/mol. The maximum absolute atomic E-state index is 12.4. The summed E-state index contributed by atoms with van der Waals surface area (Å²) in [6.45, 7) is 0.0872. The van der Waals surface area contributed by atoms with Gasteiger partial charge >= 0.3 is 0 Å². The normalized spacial score (nSPS) is 13.9. The molecule has 0 saturated carbocycles. The zero-order valence-electron chi connectivity index (χ0n) is 10.1. The molecule has 0 radical (unpaired) electrons. The Morgan fingerprint density at radius 1 is 1.28 bits per heavy atom. The van der Waals surface area contributed by atoms with Crippen LogP contribution in [0.5, 0.6) is 0 Å². The van der Waals surface area contributed by atoms with Gasteiger partial charge in [0.25, 0.3) is 5.91 Å². The van der Waals surface area contributed by atoms with Crippen LogP contribution in [0.15, 0.2) is 54.1 Å². The Labute approximate surface area is 106 Å². The zero-order chi connectivity index (χ0) is 12.8. The van der Waals surface area contributed by atoms with Crippen LogP contribution in [0.2, 0.25) is 0 Å². The van der Waals surface area contributed by atoms with Crippen molar-refractivity contribution in [2.45, 2.75) is 12.8 Å². The van der Waals surface area contributed by atoms with Crippen molar-refractivity contribution in [3.63, 3.8) is 0 Å². The molecule has 1 aliphatic carbocycles. The Hall–Kier alpha value is -2.16. The lowest BCUT2D eigenvalue weighted by Crippen LogP contribution is -2.33. The van der Waals surface area contributed by atoms with Crippen LogP contribution in [-0.4, -0.2) is 18.7 Å². The molecule has 1 aromatic rings. The first-order valence-corrected chi connectivity index (χ1v) is 5.99. The molecular formula is C15H15NO2. The first kappa shape index (κ1) is 12.3. The van der Waals surface area contributed by atoms with Crippen molar-refractivity contribution in [2.24, 2.45) is 0 Å². The fourth-order valence-corrected chi connectivity index (χ4v) is 1.94. The number of para-hydroxylation sites is 1. The summed E-state index contributed by atoms with van der Waals surface area (Å²) in [6, 6.07) is 9.27. The number of hydrogen-bond donors (Lipinski definition) is 0. The molecule has 0 saturated heterocycles. The van der Waals surface area contributed by atoms with E-state index in [0.717, 1.165) is 30.4 Å². The number of nitrogens with zero attached hydrogens (tertiary/aromatic N) is 1. The molecule has 2 rings (SSSR count). The highest BCUT2D eigenvalue weighted by molar-refractivity contribution is 6.07. The first-order chi connectivity index (χ1) is 8.83. The highest BCUT2D eigenvalue weighted by atomic mass is 16.2. The first-order valence-electron chi connectivity index (χ1n) is 5.99. The number of anilines is 1. The van der Waals surface area contributed by atoms with E-state index in [0.29, 0.717) is 0 Å². The highest BCUT2D eigenvalue weighted by Crippen LogP contribution is 2.19. The lowest BCUT2D eigenvalue weighted by Gasteiger charge is -2.22. The molecule has 1 aliphatic rings. The van der Waals surface area contributed by atoms with Gasteiger partial charge in [-0.05, 0) is 25.0 Å². The smallest absolute Gasteiger partial charge is 0.254 e. The van der Waals surface area contributed by atoms with E-state index in [2.05, 4.69) is 0 Å². The van der Waals surface area contributed by atoms with Crippen molar-refractivity contribution in [2.75, 3.05) is 11.4 Å². The van der Waals surface area contributed by atoms with Crippen molar-refractivity contribution < 1.29 is 9.59 Å². The van der Waals surface area contributed by atoms with Gasteiger partial charge in [0.15, 0.2) is 0 Å². The van der Waals surface area contributed by atoms with Crippen molar-refractivity contribution in [1.29, 1.82) is 0 Å². The van der Waals surface area contributed by atoms with Crippen LogP contribution in [0.3, 0.4) is 0 Å². The molecular weight excluding hydrogens is 226 g/mol. The second-order valence-electron chi connectivity index (χ2n) is 4.08. The highest BCUT2D eigenvalue weighted by Gasteiger charge is 2.19. The van der Waals surface area contributed by atoms with Crippen molar-refractivity contribution in [3.8, 4) is 0 Å². The molecule has 1 aromatic carbocycles. The van der Waals surface area contributed by atoms with E-state index in [-0.39, 0.29) is 12.5 Å². The lowest BCUT2D eigenvalue weighted by molar-refractivity contribution is -0.116. The molecule has 0 aliphatic heterocycles. The summed E-state index contributed by atoms with van der Waals surface area (Å²) >= 11 is 0. The van der Waals surface area contributed by atoms with Crippen LogP contribution in [0.1, 0.15) is 12.8 Å². The Balaban J connectivity index is 2.25. The van der Waals surface area contributed by atoms with Crippen molar-refractivity contribution in [3.05, 3.63) is 54.1 Å². The molecule has 0 unspecified atom stereocenters. The lowest BCUT2D eigenvalue weighted by atomic mass is 10.0. The molecule has 0 spiro atoms. The van der Waals surface area contributed by atoms with Crippen molar-refractivity contribution in [1.82, 2.24) is 0 Å². The van der Waals surface area contributed by atoms with E-state index in [1.54, 1.807) is 0 Å². The molecule has 92 valence electrons. The minimum absolute atomic E-state index is 0.0855. The number of carbonyl (C=O) groups is 2. The third-order valence-corrected chi connectivity index (χ3v) is 2.86.